The summed E-state index contributed by atoms with van der Waals surface area (Å²) in [5, 5.41) is 3.70. The van der Waals surface area contributed by atoms with Gasteiger partial charge in [-0.2, -0.15) is 0 Å². The molecule has 1 fully saturated rings. The van der Waals surface area contributed by atoms with E-state index in [9.17, 15) is 9.59 Å². The minimum Gasteiger partial charge on any atom is -0.484 e. The molecule has 0 radical (unpaired) electrons. The van der Waals surface area contributed by atoms with Gasteiger partial charge in [-0.25, -0.2) is 0 Å². The van der Waals surface area contributed by atoms with E-state index in [1.54, 1.807) is 23.1 Å². The minimum absolute atomic E-state index is 0.124. The van der Waals surface area contributed by atoms with E-state index in [4.69, 9.17) is 27.9 Å². The van der Waals surface area contributed by atoms with Crippen LogP contribution in [0.4, 0.5) is 0 Å². The Morgan fingerprint density at radius 1 is 1.36 bits per heavy atom. The third-order valence-corrected chi connectivity index (χ3v) is 3.72. The number of amides is 2. The van der Waals surface area contributed by atoms with Crippen LogP contribution in [0, 0.1) is 0 Å². The second-order valence-electron chi connectivity index (χ2n) is 5.31. The zero-order valence-corrected chi connectivity index (χ0v) is 13.8. The highest BCUT2D eigenvalue weighted by Gasteiger charge is 2.22. The van der Waals surface area contributed by atoms with Crippen LogP contribution in [0.15, 0.2) is 18.2 Å². The van der Waals surface area contributed by atoms with Gasteiger partial charge in [-0.05, 0) is 31.5 Å². The molecule has 1 aliphatic rings. The number of hydrogen-bond donors (Lipinski definition) is 1. The van der Waals surface area contributed by atoms with Crippen LogP contribution in [-0.2, 0) is 9.59 Å². The lowest BCUT2D eigenvalue weighted by molar-refractivity contribution is -0.129. The number of carbonyl (C=O) groups is 2. The normalized spacial score (nSPS) is 15.8. The largest absolute Gasteiger partial charge is 0.484 e. The van der Waals surface area contributed by atoms with Gasteiger partial charge in [0.2, 0.25) is 5.91 Å². The maximum absolute atomic E-state index is 11.8. The number of carbonyl (C=O) groups excluding carboxylic acids is 2. The Bertz CT molecular complexity index is 545. The molecule has 1 aliphatic heterocycles. The molecule has 5 nitrogen and oxygen atoms in total. The molecule has 1 N–H and O–H groups in total. The van der Waals surface area contributed by atoms with Crippen molar-refractivity contribution >= 4 is 35.0 Å². The van der Waals surface area contributed by atoms with Crippen molar-refractivity contribution in [3.05, 3.63) is 28.2 Å². The summed E-state index contributed by atoms with van der Waals surface area (Å²) < 4.78 is 5.36. The standard InChI is InChI=1S/C15H18Cl2N2O3/c1-10(8-19-4-2-3-15(19)21)18-14(20)9-22-13-6-11(16)5-12(17)7-13/h5-7,10H,2-4,8-9H2,1H3,(H,18,20)/t10-/m1/s1. The highest BCUT2D eigenvalue weighted by molar-refractivity contribution is 6.34. The number of hydrogen-bond acceptors (Lipinski definition) is 3. The smallest absolute Gasteiger partial charge is 0.258 e. The highest BCUT2D eigenvalue weighted by Crippen LogP contribution is 2.24. The fraction of sp³-hybridized carbons (Fsp3) is 0.467. The van der Waals surface area contributed by atoms with Crippen LogP contribution in [0.1, 0.15) is 19.8 Å². The molecular weight excluding hydrogens is 327 g/mol. The Morgan fingerprint density at radius 2 is 2.05 bits per heavy atom. The zero-order chi connectivity index (χ0) is 16.1. The van der Waals surface area contributed by atoms with Crippen molar-refractivity contribution in [1.29, 1.82) is 0 Å². The summed E-state index contributed by atoms with van der Waals surface area (Å²) in [6, 6.07) is 4.65. The molecule has 0 aliphatic carbocycles. The van der Waals surface area contributed by atoms with Gasteiger partial charge in [0.1, 0.15) is 5.75 Å². The summed E-state index contributed by atoms with van der Waals surface area (Å²) in [6.45, 7) is 3.01. The second kappa shape index (κ2) is 7.70. The number of likely N-dealkylation sites (tertiary alicyclic amines) is 1. The average Bonchev–Trinajstić information content (AvgIpc) is 2.81. The Balaban J connectivity index is 1.76. The lowest BCUT2D eigenvalue weighted by atomic mass is 10.3. The van der Waals surface area contributed by atoms with E-state index in [1.807, 2.05) is 6.92 Å². The number of halogens is 2. The molecule has 1 atom stereocenters. The van der Waals surface area contributed by atoms with Gasteiger partial charge < -0.3 is 15.0 Å². The van der Waals surface area contributed by atoms with Crippen molar-refractivity contribution in [3.8, 4) is 5.75 Å². The van der Waals surface area contributed by atoms with Crippen molar-refractivity contribution in [3.63, 3.8) is 0 Å². The lowest BCUT2D eigenvalue weighted by Gasteiger charge is -2.21. The average molecular weight is 345 g/mol. The van der Waals surface area contributed by atoms with Crippen LogP contribution in [0.25, 0.3) is 0 Å². The minimum atomic E-state index is -0.254. The molecule has 7 heteroatoms. The van der Waals surface area contributed by atoms with Crippen LogP contribution in [0.5, 0.6) is 5.75 Å². The number of ether oxygens (including phenoxy) is 1. The fourth-order valence-corrected chi connectivity index (χ4v) is 2.86. The molecule has 22 heavy (non-hydrogen) atoms. The molecule has 1 aromatic rings. The van der Waals surface area contributed by atoms with E-state index in [2.05, 4.69) is 5.32 Å². The Labute approximate surface area is 139 Å². The van der Waals surface area contributed by atoms with E-state index < -0.39 is 0 Å². The van der Waals surface area contributed by atoms with E-state index in [0.717, 1.165) is 13.0 Å². The molecule has 0 bridgehead atoms. The van der Waals surface area contributed by atoms with Crippen molar-refractivity contribution in [2.75, 3.05) is 19.7 Å². The molecule has 2 rings (SSSR count). The molecular formula is C15H18Cl2N2O3. The Hall–Kier alpha value is -1.46. The van der Waals surface area contributed by atoms with Gasteiger partial charge >= 0.3 is 0 Å². The molecule has 0 aromatic heterocycles. The van der Waals surface area contributed by atoms with Crippen LogP contribution < -0.4 is 10.1 Å². The van der Waals surface area contributed by atoms with Gasteiger partial charge in [-0.15, -0.1) is 0 Å². The third-order valence-electron chi connectivity index (χ3n) is 3.28. The molecule has 1 aromatic carbocycles. The van der Waals surface area contributed by atoms with Crippen LogP contribution >= 0.6 is 23.2 Å². The summed E-state index contributed by atoms with van der Waals surface area (Å²) in [4.78, 5) is 25.1. The lowest BCUT2D eigenvalue weighted by Crippen LogP contribution is -2.44. The Kier molecular flexibility index (Phi) is 5.91. The van der Waals surface area contributed by atoms with Crippen molar-refractivity contribution < 1.29 is 14.3 Å². The molecule has 0 spiro atoms. The number of rotatable bonds is 6. The van der Waals surface area contributed by atoms with Gasteiger partial charge in [0, 0.05) is 35.6 Å². The van der Waals surface area contributed by atoms with Gasteiger partial charge in [0.15, 0.2) is 6.61 Å². The first-order valence-corrected chi connectivity index (χ1v) is 7.85. The molecule has 120 valence electrons. The molecule has 2 amide bonds. The van der Waals surface area contributed by atoms with Crippen LogP contribution in [0.3, 0.4) is 0 Å². The monoisotopic (exact) mass is 344 g/mol. The molecule has 1 saturated heterocycles. The summed E-state index contributed by atoms with van der Waals surface area (Å²) in [7, 11) is 0. The summed E-state index contributed by atoms with van der Waals surface area (Å²) in [6.07, 6.45) is 1.48. The van der Waals surface area contributed by atoms with Crippen molar-refractivity contribution in [2.24, 2.45) is 0 Å². The summed E-state index contributed by atoms with van der Waals surface area (Å²) in [5.41, 5.74) is 0. The van der Waals surface area contributed by atoms with Crippen molar-refractivity contribution in [2.45, 2.75) is 25.8 Å². The van der Waals surface area contributed by atoms with Gasteiger partial charge in [0.05, 0.1) is 0 Å². The van der Waals surface area contributed by atoms with E-state index in [-0.39, 0.29) is 24.5 Å². The molecule has 1 heterocycles. The second-order valence-corrected chi connectivity index (χ2v) is 6.18. The van der Waals surface area contributed by atoms with Gasteiger partial charge in [-0.1, -0.05) is 23.2 Å². The number of benzene rings is 1. The van der Waals surface area contributed by atoms with Crippen molar-refractivity contribution in [1.82, 2.24) is 10.2 Å². The summed E-state index contributed by atoms with van der Waals surface area (Å²) >= 11 is 11.7. The van der Waals surface area contributed by atoms with E-state index >= 15 is 0 Å². The van der Waals surface area contributed by atoms with Gasteiger partial charge in [0.25, 0.3) is 5.91 Å². The Morgan fingerprint density at radius 3 is 2.64 bits per heavy atom. The molecule has 0 saturated carbocycles. The van der Waals surface area contributed by atoms with E-state index in [0.29, 0.717) is 28.8 Å². The van der Waals surface area contributed by atoms with Gasteiger partial charge in [-0.3, -0.25) is 9.59 Å². The summed E-state index contributed by atoms with van der Waals surface area (Å²) in [5.74, 6) is 0.330. The predicted molar refractivity (Wildman–Crippen MR) is 85.4 cm³/mol. The number of nitrogens with zero attached hydrogens (tertiary/aromatic N) is 1. The molecule has 0 unspecified atom stereocenters. The predicted octanol–water partition coefficient (Wildman–Crippen LogP) is 2.50. The quantitative estimate of drug-likeness (QED) is 0.862. The third kappa shape index (κ3) is 5.07. The first-order valence-electron chi connectivity index (χ1n) is 7.10. The first kappa shape index (κ1) is 16.9. The highest BCUT2D eigenvalue weighted by atomic mass is 35.5. The number of nitrogens with one attached hydrogen (secondary N) is 1. The fourth-order valence-electron chi connectivity index (χ4n) is 2.35. The topological polar surface area (TPSA) is 58.6 Å². The SMILES string of the molecule is C[C@H](CN1CCCC1=O)NC(=O)COc1cc(Cl)cc(Cl)c1. The first-order chi connectivity index (χ1) is 10.4. The van der Waals surface area contributed by atoms with Crippen LogP contribution in [0.2, 0.25) is 10.0 Å². The van der Waals surface area contributed by atoms with E-state index in [1.165, 1.54) is 0 Å². The zero-order valence-electron chi connectivity index (χ0n) is 12.3. The maximum Gasteiger partial charge on any atom is 0.258 e. The van der Waals surface area contributed by atoms with Crippen LogP contribution in [-0.4, -0.2) is 42.5 Å². The maximum atomic E-state index is 11.8.